The summed E-state index contributed by atoms with van der Waals surface area (Å²) in [6.45, 7) is 0. The molecule has 0 spiro atoms. The lowest BCUT2D eigenvalue weighted by Crippen LogP contribution is -2.15. The van der Waals surface area contributed by atoms with E-state index in [1.165, 1.54) is 11.1 Å². The fraction of sp³-hybridized carbons (Fsp3) is 0.235. The van der Waals surface area contributed by atoms with Gasteiger partial charge in [-0.3, -0.25) is 4.79 Å². The van der Waals surface area contributed by atoms with E-state index >= 15 is 0 Å². The largest absolute Gasteiger partial charge is 0.486 e. The highest BCUT2D eigenvalue weighted by molar-refractivity contribution is 6.33. The molecule has 1 atom stereocenters. The van der Waals surface area contributed by atoms with E-state index in [2.05, 4.69) is 18.2 Å². The number of hydrogen-bond acceptors (Lipinski definition) is 2. The van der Waals surface area contributed by atoms with Crippen LogP contribution in [0.3, 0.4) is 0 Å². The fourth-order valence-corrected chi connectivity index (χ4v) is 2.89. The van der Waals surface area contributed by atoms with Crippen LogP contribution in [0.25, 0.3) is 0 Å². The molecule has 3 rings (SSSR count). The Morgan fingerprint density at radius 3 is 2.85 bits per heavy atom. The first-order chi connectivity index (χ1) is 9.78. The highest BCUT2D eigenvalue weighted by atomic mass is 35.5. The predicted octanol–water partition coefficient (Wildman–Crippen LogP) is 4.61. The number of aryl methyl sites for hydroxylation is 1. The Kier molecular flexibility index (Phi) is 3.75. The number of carbonyl (C=O) groups is 1. The summed E-state index contributed by atoms with van der Waals surface area (Å²) in [5, 5.41) is 0.432. The average Bonchev–Trinajstić information content (AvgIpc) is 2.48. The van der Waals surface area contributed by atoms with E-state index in [0.717, 1.165) is 25.5 Å². The van der Waals surface area contributed by atoms with E-state index in [-0.39, 0.29) is 6.10 Å². The zero-order valence-electron chi connectivity index (χ0n) is 11.0. The van der Waals surface area contributed by atoms with Gasteiger partial charge in [0.05, 0.1) is 5.02 Å². The van der Waals surface area contributed by atoms with Crippen molar-refractivity contribution in [2.75, 3.05) is 0 Å². The molecule has 0 saturated carbocycles. The van der Waals surface area contributed by atoms with Crippen LogP contribution in [0.5, 0.6) is 5.75 Å². The Morgan fingerprint density at radius 1 is 1.20 bits per heavy atom. The van der Waals surface area contributed by atoms with Crippen LogP contribution in [0.1, 0.15) is 40.4 Å². The minimum atomic E-state index is 0.0677. The molecule has 2 aromatic rings. The maximum atomic E-state index is 10.8. The van der Waals surface area contributed by atoms with E-state index in [0.29, 0.717) is 16.3 Å². The van der Waals surface area contributed by atoms with Crippen LogP contribution in [0.2, 0.25) is 5.02 Å². The first kappa shape index (κ1) is 13.2. The maximum absolute atomic E-state index is 10.8. The average molecular weight is 287 g/mol. The smallest absolute Gasteiger partial charge is 0.151 e. The van der Waals surface area contributed by atoms with Crippen LogP contribution in [0.4, 0.5) is 0 Å². The van der Waals surface area contributed by atoms with Gasteiger partial charge in [0, 0.05) is 5.56 Å². The van der Waals surface area contributed by atoms with Gasteiger partial charge >= 0.3 is 0 Å². The molecule has 102 valence electrons. The van der Waals surface area contributed by atoms with Crippen LogP contribution >= 0.6 is 11.6 Å². The van der Waals surface area contributed by atoms with Gasteiger partial charge in [-0.05, 0) is 48.6 Å². The summed E-state index contributed by atoms with van der Waals surface area (Å²) in [7, 11) is 0. The van der Waals surface area contributed by atoms with E-state index in [9.17, 15) is 4.79 Å². The van der Waals surface area contributed by atoms with Crippen molar-refractivity contribution in [3.63, 3.8) is 0 Å². The van der Waals surface area contributed by atoms with Gasteiger partial charge < -0.3 is 4.74 Å². The van der Waals surface area contributed by atoms with Gasteiger partial charge in [-0.15, -0.1) is 0 Å². The normalized spacial score (nSPS) is 17.4. The van der Waals surface area contributed by atoms with Gasteiger partial charge in [0.2, 0.25) is 0 Å². The highest BCUT2D eigenvalue weighted by Crippen LogP contribution is 2.34. The van der Waals surface area contributed by atoms with Crippen molar-refractivity contribution in [1.29, 1.82) is 0 Å². The zero-order chi connectivity index (χ0) is 13.9. The number of aldehydes is 1. The monoisotopic (exact) mass is 286 g/mol. The van der Waals surface area contributed by atoms with Crippen molar-refractivity contribution in [2.45, 2.75) is 25.4 Å². The fourth-order valence-electron chi connectivity index (χ4n) is 2.67. The summed E-state index contributed by atoms with van der Waals surface area (Å²) in [6.07, 6.45) is 4.06. The van der Waals surface area contributed by atoms with Crippen molar-refractivity contribution in [1.82, 2.24) is 0 Å². The second-order valence-electron chi connectivity index (χ2n) is 5.00. The number of benzene rings is 2. The van der Waals surface area contributed by atoms with Crippen molar-refractivity contribution >= 4 is 17.9 Å². The molecule has 0 bridgehead atoms. The third-order valence-electron chi connectivity index (χ3n) is 3.69. The minimum Gasteiger partial charge on any atom is -0.486 e. The molecule has 20 heavy (non-hydrogen) atoms. The van der Waals surface area contributed by atoms with E-state index in [4.69, 9.17) is 16.3 Å². The zero-order valence-corrected chi connectivity index (χ0v) is 11.8. The molecule has 0 amide bonds. The van der Waals surface area contributed by atoms with E-state index in [1.807, 2.05) is 6.07 Å². The topological polar surface area (TPSA) is 26.3 Å². The van der Waals surface area contributed by atoms with Crippen LogP contribution in [0, 0.1) is 0 Å². The SMILES string of the molecule is O=Cc1ccc(OC2CCCc3ccccc32)cc1Cl. The summed E-state index contributed by atoms with van der Waals surface area (Å²) in [6, 6.07) is 13.6. The van der Waals surface area contributed by atoms with E-state index in [1.54, 1.807) is 18.2 Å². The number of fused-ring (bicyclic) bond motifs is 1. The van der Waals surface area contributed by atoms with Gasteiger partial charge in [-0.25, -0.2) is 0 Å². The summed E-state index contributed by atoms with van der Waals surface area (Å²) < 4.78 is 6.06. The molecule has 0 saturated heterocycles. The van der Waals surface area contributed by atoms with Crippen molar-refractivity contribution in [2.24, 2.45) is 0 Å². The molecule has 2 nitrogen and oxygen atoms in total. The van der Waals surface area contributed by atoms with Gasteiger partial charge in [0.25, 0.3) is 0 Å². The molecule has 0 N–H and O–H groups in total. The number of ether oxygens (including phenoxy) is 1. The number of rotatable bonds is 3. The molecular weight excluding hydrogens is 272 g/mol. The Morgan fingerprint density at radius 2 is 2.05 bits per heavy atom. The quantitative estimate of drug-likeness (QED) is 0.770. The summed E-state index contributed by atoms with van der Waals surface area (Å²) in [5.74, 6) is 0.710. The molecule has 0 fully saturated rings. The summed E-state index contributed by atoms with van der Waals surface area (Å²) >= 11 is 6.04. The lowest BCUT2D eigenvalue weighted by atomic mass is 9.89. The van der Waals surface area contributed by atoms with Gasteiger partial charge in [-0.2, -0.15) is 0 Å². The second-order valence-corrected chi connectivity index (χ2v) is 5.41. The molecule has 1 unspecified atom stereocenters. The van der Waals surface area contributed by atoms with E-state index < -0.39 is 0 Å². The van der Waals surface area contributed by atoms with Crippen LogP contribution < -0.4 is 4.74 Å². The van der Waals surface area contributed by atoms with Crippen molar-refractivity contribution in [3.8, 4) is 5.75 Å². The molecule has 1 aliphatic rings. The van der Waals surface area contributed by atoms with Gasteiger partial charge in [0.15, 0.2) is 6.29 Å². The predicted molar refractivity (Wildman–Crippen MR) is 79.6 cm³/mol. The Hall–Kier alpha value is -1.80. The standard InChI is InChI=1S/C17H15ClO2/c18-16-10-14(9-8-13(16)11-19)20-17-7-3-5-12-4-1-2-6-15(12)17/h1-2,4,6,8-11,17H,3,5,7H2. The molecule has 1 aliphatic carbocycles. The maximum Gasteiger partial charge on any atom is 0.151 e. The minimum absolute atomic E-state index is 0.0677. The second kappa shape index (κ2) is 5.68. The number of halogens is 1. The number of carbonyl (C=O) groups excluding carboxylic acids is 1. The molecule has 2 aromatic carbocycles. The Bertz CT molecular complexity index is 637. The molecular formula is C17H15ClO2. The first-order valence-electron chi connectivity index (χ1n) is 6.77. The van der Waals surface area contributed by atoms with Crippen molar-refractivity contribution in [3.05, 3.63) is 64.2 Å². The third-order valence-corrected chi connectivity index (χ3v) is 4.02. The Balaban J connectivity index is 1.85. The molecule has 0 aliphatic heterocycles. The highest BCUT2D eigenvalue weighted by Gasteiger charge is 2.21. The first-order valence-corrected chi connectivity index (χ1v) is 7.15. The van der Waals surface area contributed by atoms with Crippen LogP contribution in [-0.4, -0.2) is 6.29 Å². The van der Waals surface area contributed by atoms with Gasteiger partial charge in [0.1, 0.15) is 11.9 Å². The molecule has 3 heteroatoms. The van der Waals surface area contributed by atoms with Crippen molar-refractivity contribution < 1.29 is 9.53 Å². The third kappa shape index (κ3) is 2.56. The summed E-state index contributed by atoms with van der Waals surface area (Å²) in [4.78, 5) is 10.8. The van der Waals surface area contributed by atoms with Gasteiger partial charge in [-0.1, -0.05) is 35.9 Å². The molecule has 0 radical (unpaired) electrons. The lowest BCUT2D eigenvalue weighted by Gasteiger charge is -2.26. The molecule has 0 aromatic heterocycles. The number of hydrogen-bond donors (Lipinski definition) is 0. The Labute approximate surface area is 123 Å². The lowest BCUT2D eigenvalue weighted by molar-refractivity contribution is 0.112. The van der Waals surface area contributed by atoms with Crippen LogP contribution in [0.15, 0.2) is 42.5 Å². The van der Waals surface area contributed by atoms with Crippen LogP contribution in [-0.2, 0) is 6.42 Å². The molecule has 0 heterocycles. The summed E-state index contributed by atoms with van der Waals surface area (Å²) in [5.41, 5.74) is 3.11.